The predicted molar refractivity (Wildman–Crippen MR) is 324 cm³/mol. The third kappa shape index (κ3) is 18.4. The molecule has 0 spiro atoms. The van der Waals surface area contributed by atoms with Crippen molar-refractivity contribution >= 4 is 59.0 Å². The first-order valence-corrected chi connectivity index (χ1v) is 31.7. The van der Waals surface area contributed by atoms with Crippen molar-refractivity contribution in [2.75, 3.05) is 63.8 Å². The lowest BCUT2D eigenvalue weighted by Gasteiger charge is -2.43. The Hall–Kier alpha value is -6.16. The Labute approximate surface area is 472 Å². The van der Waals surface area contributed by atoms with E-state index in [0.717, 1.165) is 49.8 Å². The van der Waals surface area contributed by atoms with E-state index < -0.39 is 8.32 Å². The number of amides is 2. The fourth-order valence-corrected chi connectivity index (χ4v) is 15.8. The molecule has 1 fully saturated rings. The van der Waals surface area contributed by atoms with Gasteiger partial charge in [0, 0.05) is 74.3 Å². The Kier molecular flexibility index (Phi) is 25.8. The second kappa shape index (κ2) is 32.8. The minimum atomic E-state index is -2.85. The van der Waals surface area contributed by atoms with Gasteiger partial charge in [-0.15, -0.1) is 0 Å². The highest BCUT2D eigenvalue weighted by molar-refractivity contribution is 6.99. The summed E-state index contributed by atoms with van der Waals surface area (Å²) < 4.78 is 21.2. The number of hydrogen-bond acceptors (Lipinski definition) is 11. The summed E-state index contributed by atoms with van der Waals surface area (Å²) >= 11 is 0. The van der Waals surface area contributed by atoms with Gasteiger partial charge < -0.3 is 34.3 Å². The van der Waals surface area contributed by atoms with Crippen LogP contribution in [-0.2, 0) is 20.6 Å². The lowest BCUT2D eigenvalue weighted by atomic mass is 10.0. The number of ether oxygens (including phenoxy) is 2. The molecule has 1 unspecified atom stereocenters. The number of methoxy groups -OCH3 is 2. The lowest BCUT2D eigenvalue weighted by molar-refractivity contribution is -0.131. The van der Waals surface area contributed by atoms with E-state index in [9.17, 15) is 15.1 Å². The number of unbranched alkanes of at least 4 members (excludes halogenated alkanes) is 15. The summed E-state index contributed by atoms with van der Waals surface area (Å²) in [6.45, 7) is 15.1. The summed E-state index contributed by atoms with van der Waals surface area (Å²) in [4.78, 5) is 42.2. The highest BCUT2D eigenvalue weighted by atomic mass is 28.4. The molecule has 3 aromatic carbocycles. The highest BCUT2D eigenvalue weighted by Crippen LogP contribution is 2.38. The van der Waals surface area contributed by atoms with Crippen molar-refractivity contribution < 1.29 is 23.5 Å². The summed E-state index contributed by atoms with van der Waals surface area (Å²) in [6, 6.07) is 25.1. The summed E-state index contributed by atoms with van der Waals surface area (Å²) in [6.07, 6.45) is 25.8. The number of rotatable bonds is 36. The van der Waals surface area contributed by atoms with Crippen LogP contribution in [0.3, 0.4) is 0 Å². The van der Waals surface area contributed by atoms with Gasteiger partial charge in [-0.05, 0) is 51.7 Å². The number of aromatic nitrogens is 4. The molecule has 2 amide bonds. The largest absolute Gasteiger partial charge is 0.496 e. The molecule has 3 heterocycles. The zero-order valence-corrected chi connectivity index (χ0v) is 49.9. The monoisotopic (exact) mass is 1100 g/mol. The number of azide groups is 1. The van der Waals surface area contributed by atoms with E-state index in [4.69, 9.17) is 19.0 Å². The van der Waals surface area contributed by atoms with E-state index in [1.807, 2.05) is 35.4 Å². The van der Waals surface area contributed by atoms with Crippen molar-refractivity contribution in [1.29, 1.82) is 0 Å². The van der Waals surface area contributed by atoms with Crippen LogP contribution >= 0.6 is 0 Å². The number of hydrogen-bond donors (Lipinski definition) is 2. The Morgan fingerprint density at radius 3 is 1.82 bits per heavy atom. The Bertz CT molecular complexity index is 2590. The van der Waals surface area contributed by atoms with Gasteiger partial charge in [-0.2, -0.15) is 5.10 Å². The van der Waals surface area contributed by atoms with E-state index in [0.29, 0.717) is 87.1 Å². The van der Waals surface area contributed by atoms with E-state index in [1.165, 1.54) is 93.8 Å². The van der Waals surface area contributed by atoms with Crippen LogP contribution in [0.5, 0.6) is 11.5 Å². The second-order valence-corrected chi connectivity index (χ2v) is 26.7. The van der Waals surface area contributed by atoms with Crippen LogP contribution in [0.2, 0.25) is 5.04 Å². The molecule has 6 rings (SSSR count). The van der Waals surface area contributed by atoms with Gasteiger partial charge in [-0.1, -0.05) is 192 Å². The van der Waals surface area contributed by atoms with E-state index >= 15 is 0 Å². The maximum atomic E-state index is 13.3. The third-order valence-corrected chi connectivity index (χ3v) is 20.5. The zero-order valence-electron chi connectivity index (χ0n) is 48.9. The maximum absolute atomic E-state index is 13.3. The lowest BCUT2D eigenvalue weighted by Crippen LogP contribution is -2.67. The van der Waals surface area contributed by atoms with Crippen LogP contribution in [0, 0.1) is 0 Å². The Morgan fingerprint density at radius 1 is 0.734 bits per heavy atom. The van der Waals surface area contributed by atoms with Gasteiger partial charge in [0.15, 0.2) is 11.3 Å². The zero-order chi connectivity index (χ0) is 56.3. The molecule has 0 aliphatic carbocycles. The minimum absolute atomic E-state index is 0.0115. The number of nitrogens with zero attached hydrogens (tertiary/aromatic N) is 9. The van der Waals surface area contributed by atoms with Gasteiger partial charge in [0.2, 0.25) is 17.8 Å². The van der Waals surface area contributed by atoms with Crippen molar-refractivity contribution in [3.8, 4) is 11.5 Å². The van der Waals surface area contributed by atoms with Crippen LogP contribution in [-0.4, -0.2) is 104 Å². The number of piperazine rings is 1. The van der Waals surface area contributed by atoms with Crippen LogP contribution < -0.4 is 35.4 Å². The smallest absolute Gasteiger partial charge is 0.261 e. The van der Waals surface area contributed by atoms with Crippen molar-refractivity contribution in [2.45, 2.75) is 187 Å². The number of benzene rings is 3. The molecule has 430 valence electrons. The average Bonchev–Trinajstić information content (AvgIpc) is 4.04. The van der Waals surface area contributed by atoms with Gasteiger partial charge in [-0.3, -0.25) is 14.3 Å². The molecule has 2 N–H and O–H groups in total. The van der Waals surface area contributed by atoms with Crippen molar-refractivity contribution in [3.05, 3.63) is 95.0 Å². The second-order valence-electron chi connectivity index (χ2n) is 22.4. The van der Waals surface area contributed by atoms with E-state index in [2.05, 4.69) is 119 Å². The molecule has 1 saturated heterocycles. The van der Waals surface area contributed by atoms with Crippen molar-refractivity contribution in [2.24, 2.45) is 5.11 Å². The van der Waals surface area contributed by atoms with E-state index in [-0.39, 0.29) is 28.8 Å². The molecule has 0 bridgehead atoms. The molecular formula is C62H93N11O5Si. The molecule has 17 heteroatoms. The summed E-state index contributed by atoms with van der Waals surface area (Å²) in [5.74, 6) is 1.99. The first kappa shape index (κ1) is 62.0. The third-order valence-electron chi connectivity index (χ3n) is 15.5. The number of anilines is 2. The molecule has 0 radical (unpaired) electrons. The van der Waals surface area contributed by atoms with Crippen LogP contribution in [0.25, 0.3) is 21.5 Å². The number of fused-ring (bicyclic) bond motifs is 1. The van der Waals surface area contributed by atoms with Gasteiger partial charge >= 0.3 is 0 Å². The fraction of sp³-hybridized carbons (Fsp3) is 0.597. The maximum Gasteiger partial charge on any atom is 0.261 e. The van der Waals surface area contributed by atoms with Gasteiger partial charge in [-0.25, -0.2) is 9.97 Å². The Morgan fingerprint density at radius 2 is 1.29 bits per heavy atom. The summed E-state index contributed by atoms with van der Waals surface area (Å²) in [5.41, 5.74) is 12.2. The molecule has 1 aliphatic heterocycles. The van der Waals surface area contributed by atoms with Gasteiger partial charge in [0.1, 0.15) is 17.0 Å². The van der Waals surface area contributed by atoms with Crippen LogP contribution in [0.15, 0.2) is 84.1 Å². The van der Waals surface area contributed by atoms with Crippen LogP contribution in [0.4, 0.5) is 17.5 Å². The summed E-state index contributed by atoms with van der Waals surface area (Å²) in [7, 11) is 0.445. The summed E-state index contributed by atoms with van der Waals surface area (Å²) in [5, 5.41) is 17.8. The highest BCUT2D eigenvalue weighted by Gasteiger charge is 2.50. The number of carbonyl (C=O) groups excluding carboxylic acids is 2. The topological polar surface area (TPSA) is 185 Å². The standard InChI is InChI=1S/C62H93N11O5Si/c1-8-10-11-12-13-14-15-16-17-18-19-20-21-22-29-37-57(74)64-39-31-30-38-58(75)72-42-40-71(41-43-72)50-44-55(76-6)53(56(45-50)77-7)46-73-47-54-59(69-73)60(67-61(66-54)68-70-63)65-49(32-9-2)48-78-79(62(3,4)5,51-33-25-23-26-34-51)52-35-27-24-28-36-52/h23-28,33-36,44-45,47,49H,8-22,29-32,37-43,46,48H2,1-7H3,(H,64,74)(H,65,66,67). The number of carbonyl (C=O) groups is 2. The SMILES string of the molecule is CCCCCCCCCCCCCCCCCC(=O)NCCCCC(=O)N1CCN(c2cc(OC)c(Cn3cc4nc(N=[N+]=[N-])nc(NC(CCC)CO[Si](c5ccccc5)(c5ccccc5)C(C)(C)C)c4n3)c(OC)c2)CC1. The fourth-order valence-electron chi connectivity index (χ4n) is 11.2. The first-order chi connectivity index (χ1) is 38.4. The molecule has 1 aliphatic rings. The van der Waals surface area contributed by atoms with Crippen molar-refractivity contribution in [1.82, 2.24) is 30.0 Å². The molecule has 5 aromatic rings. The average molecular weight is 1100 g/mol. The Balaban J connectivity index is 0.985. The molecule has 79 heavy (non-hydrogen) atoms. The van der Waals surface area contributed by atoms with Crippen molar-refractivity contribution in [3.63, 3.8) is 0 Å². The van der Waals surface area contributed by atoms with Gasteiger partial charge in [0.05, 0.1) is 39.1 Å². The van der Waals surface area contributed by atoms with Gasteiger partial charge in [0.25, 0.3) is 8.32 Å². The van der Waals surface area contributed by atoms with E-state index in [1.54, 1.807) is 18.9 Å². The molecule has 16 nitrogen and oxygen atoms in total. The number of nitrogens with one attached hydrogen (secondary N) is 2. The van der Waals surface area contributed by atoms with Crippen LogP contribution in [0.1, 0.15) is 175 Å². The molecule has 2 aromatic heterocycles. The molecular weight excluding hydrogens is 1010 g/mol. The predicted octanol–water partition coefficient (Wildman–Crippen LogP) is 13.2. The first-order valence-electron chi connectivity index (χ1n) is 29.8. The normalized spacial score (nSPS) is 13.3. The quantitative estimate of drug-likeness (QED) is 0.0129. The molecule has 0 saturated carbocycles. The minimum Gasteiger partial charge on any atom is -0.496 e. The molecule has 1 atom stereocenters.